The normalized spacial score (nSPS) is 14.0. The smallest absolute Gasteiger partial charge is 0.273 e. The maximum atomic E-state index is 2.69. The number of anilines is 3. The van der Waals surface area contributed by atoms with Gasteiger partial charge in [-0.2, -0.15) is 0 Å². The lowest BCUT2D eigenvalue weighted by atomic mass is 9.35. The summed E-state index contributed by atoms with van der Waals surface area (Å²) >= 11 is 1.93. The molecule has 398 valence electrons. The summed E-state index contributed by atoms with van der Waals surface area (Å²) in [6.45, 7) is 28.1. The molecular weight excluding hydrogens is 1010 g/mol. The highest BCUT2D eigenvalue weighted by molar-refractivity contribution is 7.26. The van der Waals surface area contributed by atoms with Crippen LogP contribution >= 0.6 is 11.3 Å². The minimum absolute atomic E-state index is 0.0218. The van der Waals surface area contributed by atoms with Crippen molar-refractivity contribution in [2.45, 2.75) is 105 Å². The first-order valence-electron chi connectivity index (χ1n) is 29.5. The zero-order valence-corrected chi connectivity index (χ0v) is 49.8. The second-order valence-electron chi connectivity index (χ2n) is 28.2. The van der Waals surface area contributed by atoms with Crippen LogP contribution in [0.25, 0.3) is 114 Å². The van der Waals surface area contributed by atoms with Gasteiger partial charge in [0.25, 0.3) is 6.71 Å². The summed E-state index contributed by atoms with van der Waals surface area (Å²) < 4.78 is 10.7. The van der Waals surface area contributed by atoms with Gasteiger partial charge in [-0.15, -0.1) is 11.3 Å². The molecule has 0 amide bonds. The third-order valence-electron chi connectivity index (χ3n) is 19.1. The third kappa shape index (κ3) is 6.34. The molecule has 6 heteroatoms. The summed E-state index contributed by atoms with van der Waals surface area (Å²) in [7, 11) is 0. The van der Waals surface area contributed by atoms with Crippen molar-refractivity contribution in [2.75, 3.05) is 4.90 Å². The zero-order chi connectivity index (χ0) is 56.0. The first kappa shape index (κ1) is 48.4. The molecule has 10 aromatic carbocycles. The van der Waals surface area contributed by atoms with E-state index in [0.29, 0.717) is 0 Å². The molecule has 82 heavy (non-hydrogen) atoms. The quantitative estimate of drug-likeness (QED) is 0.161. The van der Waals surface area contributed by atoms with Crippen molar-refractivity contribution in [1.29, 1.82) is 0 Å². The number of benzene rings is 10. The molecule has 0 atom stereocenters. The van der Waals surface area contributed by atoms with Crippen LogP contribution in [0.1, 0.15) is 105 Å². The van der Waals surface area contributed by atoms with Crippen LogP contribution in [0.3, 0.4) is 0 Å². The van der Waals surface area contributed by atoms with E-state index in [9.17, 15) is 0 Å². The standard InChI is InChI=1S/C76H65BN4S/c1-73(2,3)43-25-29-48(30-26-43)79-60-40-49(78-58-31-24-42-18-16-21-50-51-22-17-23-62-65(51)68-63(82-62)35-34-59(78)67(68)66(58)64(42)50)41-61-69(60)77(72-71(79)54-37-45(75(7,8)9)28-33-57(54)80(72)47-19-14-13-15-20-47)55-39-46(76(10,11)12)38-53-52-36-44(74(4,5)6)27-32-56(52)81(61)70(53)55/h13-41H,1-12H3. The van der Waals surface area contributed by atoms with Crippen molar-refractivity contribution < 1.29 is 0 Å². The van der Waals surface area contributed by atoms with Gasteiger partial charge >= 0.3 is 0 Å². The van der Waals surface area contributed by atoms with E-state index in [-0.39, 0.29) is 28.4 Å². The first-order chi connectivity index (χ1) is 39.2. The Morgan fingerprint density at radius 1 is 0.366 bits per heavy atom. The minimum Gasteiger partial charge on any atom is -0.319 e. The molecule has 0 saturated heterocycles. The van der Waals surface area contributed by atoms with E-state index in [2.05, 4.69) is 278 Å². The average molecular weight is 1080 g/mol. The van der Waals surface area contributed by atoms with E-state index >= 15 is 0 Å². The van der Waals surface area contributed by atoms with E-state index in [1.54, 1.807) is 0 Å². The van der Waals surface area contributed by atoms with Gasteiger partial charge in [-0.3, -0.25) is 0 Å². The van der Waals surface area contributed by atoms with Crippen LogP contribution in [-0.2, 0) is 21.7 Å². The van der Waals surface area contributed by atoms with Gasteiger partial charge in [-0.05, 0) is 168 Å². The fourth-order valence-electron chi connectivity index (χ4n) is 15.0. The summed E-state index contributed by atoms with van der Waals surface area (Å²) in [4.78, 5) is 2.69. The molecule has 4 nitrogen and oxygen atoms in total. The lowest BCUT2D eigenvalue weighted by molar-refractivity contribution is 0.590. The Hall–Kier alpha value is -8.32. The Bertz CT molecular complexity index is 5190. The topological polar surface area (TPSA) is 18.0 Å². The van der Waals surface area contributed by atoms with Gasteiger partial charge in [0.1, 0.15) is 0 Å². The molecular formula is C76H65BN4S. The highest BCUT2D eigenvalue weighted by Crippen LogP contribution is 2.54. The lowest BCUT2D eigenvalue weighted by Crippen LogP contribution is -2.62. The van der Waals surface area contributed by atoms with Crippen LogP contribution in [0, 0.1) is 0 Å². The van der Waals surface area contributed by atoms with Crippen molar-refractivity contribution in [1.82, 2.24) is 13.7 Å². The number of para-hydroxylation sites is 1. The van der Waals surface area contributed by atoms with Gasteiger partial charge in [-0.1, -0.05) is 168 Å². The van der Waals surface area contributed by atoms with E-state index in [4.69, 9.17) is 0 Å². The van der Waals surface area contributed by atoms with Crippen molar-refractivity contribution in [3.05, 3.63) is 198 Å². The summed E-state index contributed by atoms with van der Waals surface area (Å²) in [5.41, 5.74) is 25.1. The number of rotatable bonds is 3. The number of hydrogen-bond donors (Lipinski definition) is 0. The fraction of sp³-hybridized carbons (Fsp3) is 0.211. The third-order valence-corrected chi connectivity index (χ3v) is 20.2. The van der Waals surface area contributed by atoms with Gasteiger partial charge in [0, 0.05) is 81.0 Å². The SMILES string of the molecule is CC(C)(C)c1ccc(N2c3cc(-n4c5ccc6cccc7c6c5c5c6c(ccc54)sc4cccc-7c46)cc4c3B(c3cc(C(C)(C)C)cc5c6cc(C(C)(C)C)ccc6n-4c35)c3c2c2cc(C(C)(C)C)ccc2n3-c2ccccc2)cc1. The van der Waals surface area contributed by atoms with Crippen LogP contribution in [0.4, 0.5) is 17.1 Å². The molecule has 0 fully saturated rings. The largest absolute Gasteiger partial charge is 0.319 e. The first-order valence-corrected chi connectivity index (χ1v) is 30.4. The number of fused-ring (bicyclic) bond motifs is 10. The van der Waals surface area contributed by atoms with E-state index in [1.165, 1.54) is 158 Å². The van der Waals surface area contributed by atoms with Crippen molar-refractivity contribution in [3.63, 3.8) is 0 Å². The van der Waals surface area contributed by atoms with Gasteiger partial charge in [0.15, 0.2) is 0 Å². The molecule has 0 radical (unpaired) electrons. The predicted molar refractivity (Wildman–Crippen MR) is 355 cm³/mol. The monoisotopic (exact) mass is 1080 g/mol. The Balaban J connectivity index is 1.10. The van der Waals surface area contributed by atoms with E-state index in [1.807, 2.05) is 11.3 Å². The number of thiophene rings is 1. The zero-order valence-electron chi connectivity index (χ0n) is 49.0. The Labute approximate surface area is 483 Å². The second kappa shape index (κ2) is 15.8. The summed E-state index contributed by atoms with van der Waals surface area (Å²) in [5.74, 6) is 0. The molecule has 14 aromatic rings. The maximum absolute atomic E-state index is 2.69. The van der Waals surface area contributed by atoms with Crippen LogP contribution in [-0.4, -0.2) is 20.4 Å². The van der Waals surface area contributed by atoms with Crippen LogP contribution in [0.15, 0.2) is 176 Å². The van der Waals surface area contributed by atoms with Crippen molar-refractivity contribution in [2.24, 2.45) is 0 Å². The van der Waals surface area contributed by atoms with Crippen LogP contribution in [0.5, 0.6) is 0 Å². The molecule has 0 spiro atoms. The lowest BCUT2D eigenvalue weighted by Gasteiger charge is -2.40. The van der Waals surface area contributed by atoms with E-state index < -0.39 is 0 Å². The van der Waals surface area contributed by atoms with Crippen molar-refractivity contribution >= 4 is 137 Å². The highest BCUT2D eigenvalue weighted by atomic mass is 32.1. The maximum Gasteiger partial charge on any atom is 0.273 e. The molecule has 0 bridgehead atoms. The number of aromatic nitrogens is 3. The molecule has 0 unspecified atom stereocenters. The molecule has 1 aliphatic carbocycles. The Kier molecular flexibility index (Phi) is 9.33. The molecule has 4 aromatic heterocycles. The van der Waals surface area contributed by atoms with Gasteiger partial charge in [0.2, 0.25) is 0 Å². The second-order valence-corrected chi connectivity index (χ2v) is 29.3. The summed E-state index contributed by atoms with van der Waals surface area (Å²) in [6, 6.07) is 69.4. The fourth-order valence-corrected chi connectivity index (χ4v) is 16.1. The number of hydrogen-bond acceptors (Lipinski definition) is 2. The number of nitrogens with zero attached hydrogens (tertiary/aromatic N) is 4. The Morgan fingerprint density at radius 3 is 1.63 bits per heavy atom. The van der Waals surface area contributed by atoms with E-state index in [0.717, 1.165) is 11.4 Å². The highest BCUT2D eigenvalue weighted by Gasteiger charge is 2.47. The van der Waals surface area contributed by atoms with Crippen LogP contribution < -0.4 is 21.4 Å². The molecule has 0 saturated carbocycles. The Morgan fingerprint density at radius 2 is 0.939 bits per heavy atom. The molecule has 17 rings (SSSR count). The summed E-state index contributed by atoms with van der Waals surface area (Å²) in [6.07, 6.45) is 0. The minimum atomic E-state index is -0.140. The molecule has 3 aliphatic rings. The van der Waals surface area contributed by atoms with Gasteiger partial charge in [0.05, 0.1) is 33.4 Å². The van der Waals surface area contributed by atoms with Gasteiger partial charge in [-0.25, -0.2) is 0 Å². The molecule has 2 aliphatic heterocycles. The van der Waals surface area contributed by atoms with Crippen LogP contribution in [0.2, 0.25) is 0 Å². The molecule has 0 N–H and O–H groups in total. The van der Waals surface area contributed by atoms with Gasteiger partial charge < -0.3 is 18.6 Å². The summed E-state index contributed by atoms with van der Waals surface area (Å²) in [5, 5.41) is 12.0. The average Bonchev–Trinajstić information content (AvgIpc) is 1.61. The van der Waals surface area contributed by atoms with Crippen molar-refractivity contribution in [3.8, 4) is 28.2 Å². The predicted octanol–water partition coefficient (Wildman–Crippen LogP) is 19.1. The molecule has 6 heterocycles.